The standard InChI is InChI=1S/C16H13N7O4/c17-12-4-2-1-3-11(12)16(25)22-14(18)13(15(24)21-22)20-19-9-5-7-10(8-6-9)23(26)27/h1-8H,17-18H2,(H,21,24). The fraction of sp³-hybridized carbons (Fsp3) is 0. The number of azo groups is 1. The number of anilines is 2. The number of hydrogen-bond acceptors (Lipinski definition) is 8. The third kappa shape index (κ3) is 3.42. The van der Waals surface area contributed by atoms with E-state index in [2.05, 4.69) is 15.3 Å². The fourth-order valence-electron chi connectivity index (χ4n) is 2.25. The van der Waals surface area contributed by atoms with Crippen LogP contribution in [0.25, 0.3) is 0 Å². The number of carbonyl (C=O) groups excluding carboxylic acids is 1. The van der Waals surface area contributed by atoms with Gasteiger partial charge in [-0.25, -0.2) is 0 Å². The first-order chi connectivity index (χ1) is 12.9. The van der Waals surface area contributed by atoms with Crippen molar-refractivity contribution in [1.29, 1.82) is 0 Å². The molecule has 5 N–H and O–H groups in total. The number of carbonyl (C=O) groups is 1. The van der Waals surface area contributed by atoms with Gasteiger partial charge >= 0.3 is 0 Å². The van der Waals surface area contributed by atoms with E-state index in [0.717, 1.165) is 4.68 Å². The number of rotatable bonds is 4. The van der Waals surface area contributed by atoms with Crippen molar-refractivity contribution in [2.24, 2.45) is 10.2 Å². The summed E-state index contributed by atoms with van der Waals surface area (Å²) in [5, 5.41) is 20.5. The number of hydrogen-bond donors (Lipinski definition) is 3. The molecule has 0 unspecified atom stereocenters. The molecular formula is C16H13N7O4. The van der Waals surface area contributed by atoms with Gasteiger partial charge in [0.1, 0.15) is 0 Å². The summed E-state index contributed by atoms with van der Waals surface area (Å²) in [5.41, 5.74) is 11.2. The monoisotopic (exact) mass is 367 g/mol. The van der Waals surface area contributed by atoms with Gasteiger partial charge in [0.25, 0.3) is 17.2 Å². The second-order valence-corrected chi connectivity index (χ2v) is 5.38. The summed E-state index contributed by atoms with van der Waals surface area (Å²) in [7, 11) is 0. The average Bonchev–Trinajstić information content (AvgIpc) is 2.94. The van der Waals surface area contributed by atoms with Crippen LogP contribution in [0.4, 0.5) is 28.6 Å². The van der Waals surface area contributed by atoms with E-state index >= 15 is 0 Å². The molecule has 0 bridgehead atoms. The number of nitrogen functional groups attached to an aromatic ring is 2. The van der Waals surface area contributed by atoms with Crippen LogP contribution in [0.1, 0.15) is 10.4 Å². The highest BCUT2D eigenvalue weighted by Gasteiger charge is 2.19. The van der Waals surface area contributed by atoms with Gasteiger partial charge < -0.3 is 11.5 Å². The Morgan fingerprint density at radius 2 is 1.74 bits per heavy atom. The lowest BCUT2D eigenvalue weighted by Gasteiger charge is -2.06. The van der Waals surface area contributed by atoms with Crippen molar-refractivity contribution in [3.05, 3.63) is 74.6 Å². The maximum Gasteiger partial charge on any atom is 0.294 e. The Labute approximate surface area is 151 Å². The van der Waals surface area contributed by atoms with Crippen LogP contribution in [0.5, 0.6) is 0 Å². The van der Waals surface area contributed by atoms with Gasteiger partial charge in [-0.1, -0.05) is 12.1 Å². The number of nitro benzene ring substituents is 1. The predicted octanol–water partition coefficient (Wildman–Crippen LogP) is 2.35. The molecule has 0 saturated carbocycles. The molecule has 0 aliphatic heterocycles. The minimum atomic E-state index is -0.721. The normalized spacial score (nSPS) is 11.0. The van der Waals surface area contributed by atoms with Crippen molar-refractivity contribution in [1.82, 2.24) is 9.78 Å². The van der Waals surface area contributed by atoms with Crippen LogP contribution in [0.3, 0.4) is 0 Å². The summed E-state index contributed by atoms with van der Waals surface area (Å²) in [6.45, 7) is 0. The summed E-state index contributed by atoms with van der Waals surface area (Å²) >= 11 is 0. The molecule has 0 fully saturated rings. The van der Waals surface area contributed by atoms with Crippen LogP contribution >= 0.6 is 0 Å². The zero-order valence-electron chi connectivity index (χ0n) is 13.7. The van der Waals surface area contributed by atoms with Gasteiger partial charge in [-0.05, 0) is 24.3 Å². The second kappa shape index (κ2) is 6.92. The van der Waals surface area contributed by atoms with E-state index in [1.165, 1.54) is 30.3 Å². The molecule has 0 atom stereocenters. The Bertz CT molecular complexity index is 1110. The van der Waals surface area contributed by atoms with E-state index in [-0.39, 0.29) is 34.1 Å². The molecule has 11 heteroatoms. The van der Waals surface area contributed by atoms with Gasteiger partial charge in [-0.3, -0.25) is 24.8 Å². The first-order valence-corrected chi connectivity index (χ1v) is 7.54. The topological polar surface area (TPSA) is 175 Å². The van der Waals surface area contributed by atoms with Crippen molar-refractivity contribution in [2.75, 3.05) is 11.5 Å². The number of benzene rings is 2. The Kier molecular flexibility index (Phi) is 4.49. The average molecular weight is 367 g/mol. The highest BCUT2D eigenvalue weighted by Crippen LogP contribution is 2.23. The highest BCUT2D eigenvalue weighted by molar-refractivity contribution is 6.02. The zero-order chi connectivity index (χ0) is 19.6. The molecule has 2 aromatic carbocycles. The number of non-ortho nitro benzene ring substituents is 1. The molecule has 136 valence electrons. The van der Waals surface area contributed by atoms with Crippen molar-refractivity contribution in [3.8, 4) is 0 Å². The lowest BCUT2D eigenvalue weighted by atomic mass is 10.2. The molecule has 0 amide bonds. The van der Waals surface area contributed by atoms with Gasteiger partial charge in [-0.2, -0.15) is 9.80 Å². The van der Waals surface area contributed by atoms with Crippen LogP contribution in [-0.4, -0.2) is 20.6 Å². The van der Waals surface area contributed by atoms with Gasteiger partial charge in [-0.15, -0.1) is 5.11 Å². The minimum Gasteiger partial charge on any atom is -0.398 e. The van der Waals surface area contributed by atoms with Gasteiger partial charge in [0, 0.05) is 17.8 Å². The van der Waals surface area contributed by atoms with Crippen LogP contribution in [0.2, 0.25) is 0 Å². The van der Waals surface area contributed by atoms with E-state index in [1.54, 1.807) is 18.2 Å². The number of para-hydroxylation sites is 1. The first-order valence-electron chi connectivity index (χ1n) is 7.54. The number of nitrogens with one attached hydrogen (secondary N) is 1. The molecular weight excluding hydrogens is 354 g/mol. The van der Waals surface area contributed by atoms with Gasteiger partial charge in [0.15, 0.2) is 11.5 Å². The van der Waals surface area contributed by atoms with E-state index in [1.807, 2.05) is 0 Å². The molecule has 27 heavy (non-hydrogen) atoms. The Morgan fingerprint density at radius 1 is 1.07 bits per heavy atom. The molecule has 0 aliphatic rings. The van der Waals surface area contributed by atoms with E-state index in [0.29, 0.717) is 0 Å². The summed E-state index contributed by atoms with van der Waals surface area (Å²) in [4.78, 5) is 34.7. The van der Waals surface area contributed by atoms with E-state index < -0.39 is 16.4 Å². The molecule has 0 aliphatic carbocycles. The summed E-state index contributed by atoms with van der Waals surface area (Å²) in [6, 6.07) is 11.5. The summed E-state index contributed by atoms with van der Waals surface area (Å²) in [6.07, 6.45) is 0. The number of nitro groups is 1. The predicted molar refractivity (Wildman–Crippen MR) is 97.3 cm³/mol. The highest BCUT2D eigenvalue weighted by atomic mass is 16.6. The number of aromatic nitrogens is 2. The molecule has 0 saturated heterocycles. The maximum atomic E-state index is 12.5. The molecule has 0 radical (unpaired) electrons. The van der Waals surface area contributed by atoms with Gasteiger partial charge in [0.05, 0.1) is 16.2 Å². The molecule has 1 heterocycles. The SMILES string of the molecule is Nc1ccccc1C(=O)n1[nH]c(=O)c(N=Nc2ccc([N+](=O)[O-])cc2)c1N. The Balaban J connectivity index is 1.92. The van der Waals surface area contributed by atoms with Crippen LogP contribution in [0.15, 0.2) is 63.6 Å². The van der Waals surface area contributed by atoms with Crippen molar-refractivity contribution < 1.29 is 9.72 Å². The van der Waals surface area contributed by atoms with Crippen LogP contribution in [0, 0.1) is 10.1 Å². The van der Waals surface area contributed by atoms with Crippen LogP contribution < -0.4 is 17.0 Å². The van der Waals surface area contributed by atoms with Crippen molar-refractivity contribution in [2.45, 2.75) is 0 Å². The number of nitrogens with two attached hydrogens (primary N) is 2. The molecule has 3 rings (SSSR count). The molecule has 11 nitrogen and oxygen atoms in total. The minimum absolute atomic E-state index is 0.108. The smallest absolute Gasteiger partial charge is 0.294 e. The molecule has 1 aromatic heterocycles. The van der Waals surface area contributed by atoms with Crippen molar-refractivity contribution in [3.63, 3.8) is 0 Å². The lowest BCUT2D eigenvalue weighted by Crippen LogP contribution is -2.19. The largest absolute Gasteiger partial charge is 0.398 e. The van der Waals surface area contributed by atoms with Crippen molar-refractivity contribution >= 4 is 34.5 Å². The Morgan fingerprint density at radius 3 is 2.37 bits per heavy atom. The fourth-order valence-corrected chi connectivity index (χ4v) is 2.25. The third-order valence-electron chi connectivity index (χ3n) is 3.63. The van der Waals surface area contributed by atoms with Crippen LogP contribution in [-0.2, 0) is 0 Å². The summed E-state index contributed by atoms with van der Waals surface area (Å²) < 4.78 is 0.832. The second-order valence-electron chi connectivity index (χ2n) is 5.38. The molecule has 0 spiro atoms. The number of H-pyrrole nitrogens is 1. The molecule has 3 aromatic rings. The lowest BCUT2D eigenvalue weighted by molar-refractivity contribution is -0.384. The quantitative estimate of drug-likeness (QED) is 0.276. The third-order valence-corrected chi connectivity index (χ3v) is 3.63. The maximum absolute atomic E-state index is 12.5. The summed E-state index contributed by atoms with van der Waals surface area (Å²) in [5.74, 6) is -0.863. The first kappa shape index (κ1) is 17.5. The van der Waals surface area contributed by atoms with E-state index in [9.17, 15) is 19.7 Å². The number of aromatic amines is 1. The zero-order valence-corrected chi connectivity index (χ0v) is 13.7. The number of nitrogens with zero attached hydrogens (tertiary/aromatic N) is 4. The van der Waals surface area contributed by atoms with E-state index in [4.69, 9.17) is 11.5 Å². The Hall–Kier alpha value is -4.28. The van der Waals surface area contributed by atoms with Gasteiger partial charge in [0.2, 0.25) is 0 Å².